The lowest BCUT2D eigenvalue weighted by Crippen LogP contribution is -2.50. The minimum absolute atomic E-state index is 0.124. The van der Waals surface area contributed by atoms with E-state index in [0.29, 0.717) is 44.2 Å². The average Bonchev–Trinajstić information content (AvgIpc) is 2.81. The van der Waals surface area contributed by atoms with Gasteiger partial charge in [0.2, 0.25) is 0 Å². The number of benzene rings is 1. The maximum Gasteiger partial charge on any atom is 0.322 e. The SMILES string of the molecule is CCOc1ccccc1NC(=O)N1CCN(c2ccc(-c3ccncc3)nn2)CC1. The average molecular weight is 404 g/mol. The van der Waals surface area contributed by atoms with E-state index in [1.807, 2.05) is 55.5 Å². The lowest BCUT2D eigenvalue weighted by molar-refractivity contribution is 0.208. The van der Waals surface area contributed by atoms with Crippen molar-refractivity contribution in [3.8, 4) is 17.0 Å². The highest BCUT2D eigenvalue weighted by Gasteiger charge is 2.23. The van der Waals surface area contributed by atoms with Crippen LogP contribution >= 0.6 is 0 Å². The number of aromatic nitrogens is 3. The molecule has 0 radical (unpaired) electrons. The summed E-state index contributed by atoms with van der Waals surface area (Å²) in [5.74, 6) is 1.49. The van der Waals surface area contributed by atoms with E-state index in [4.69, 9.17) is 4.74 Å². The normalized spacial score (nSPS) is 13.8. The van der Waals surface area contributed by atoms with Crippen LogP contribution < -0.4 is 15.0 Å². The highest BCUT2D eigenvalue weighted by molar-refractivity contribution is 5.91. The molecule has 1 aliphatic heterocycles. The van der Waals surface area contributed by atoms with E-state index in [9.17, 15) is 4.79 Å². The molecule has 0 bridgehead atoms. The summed E-state index contributed by atoms with van der Waals surface area (Å²) < 4.78 is 5.58. The van der Waals surface area contributed by atoms with Gasteiger partial charge in [-0.3, -0.25) is 4.98 Å². The van der Waals surface area contributed by atoms with E-state index in [1.165, 1.54) is 0 Å². The molecule has 154 valence electrons. The molecule has 1 aliphatic rings. The number of rotatable bonds is 5. The third kappa shape index (κ3) is 4.48. The molecule has 1 aromatic carbocycles. The molecule has 0 unspecified atom stereocenters. The zero-order valence-electron chi connectivity index (χ0n) is 16.9. The Labute approximate surface area is 175 Å². The Kier molecular flexibility index (Phi) is 6.03. The quantitative estimate of drug-likeness (QED) is 0.703. The number of carbonyl (C=O) groups excluding carboxylic acids is 1. The highest BCUT2D eigenvalue weighted by atomic mass is 16.5. The Hall–Kier alpha value is -3.68. The lowest BCUT2D eigenvalue weighted by atomic mass is 10.2. The fourth-order valence-electron chi connectivity index (χ4n) is 3.35. The van der Waals surface area contributed by atoms with Gasteiger partial charge in [-0.2, -0.15) is 0 Å². The van der Waals surface area contributed by atoms with Crippen molar-refractivity contribution in [2.45, 2.75) is 6.92 Å². The first-order valence-electron chi connectivity index (χ1n) is 10.0. The molecule has 0 aliphatic carbocycles. The van der Waals surface area contributed by atoms with E-state index < -0.39 is 0 Å². The van der Waals surface area contributed by atoms with Gasteiger partial charge in [-0.25, -0.2) is 4.79 Å². The van der Waals surface area contributed by atoms with Gasteiger partial charge < -0.3 is 19.9 Å². The zero-order chi connectivity index (χ0) is 20.8. The van der Waals surface area contributed by atoms with Gasteiger partial charge in [-0.15, -0.1) is 10.2 Å². The Morgan fingerprint density at radius 3 is 2.47 bits per heavy atom. The monoisotopic (exact) mass is 404 g/mol. The van der Waals surface area contributed by atoms with Crippen LogP contribution in [0.1, 0.15) is 6.92 Å². The van der Waals surface area contributed by atoms with Crippen molar-refractivity contribution in [3.63, 3.8) is 0 Å². The molecule has 1 fully saturated rings. The fourth-order valence-corrected chi connectivity index (χ4v) is 3.35. The molecule has 2 amide bonds. The number of anilines is 2. The summed E-state index contributed by atoms with van der Waals surface area (Å²) in [5, 5.41) is 11.7. The summed E-state index contributed by atoms with van der Waals surface area (Å²) >= 11 is 0. The highest BCUT2D eigenvalue weighted by Crippen LogP contribution is 2.24. The molecule has 0 spiro atoms. The van der Waals surface area contributed by atoms with Crippen molar-refractivity contribution in [2.75, 3.05) is 43.0 Å². The first-order chi connectivity index (χ1) is 14.7. The second-order valence-electron chi connectivity index (χ2n) is 6.85. The van der Waals surface area contributed by atoms with Gasteiger partial charge in [0.25, 0.3) is 0 Å². The fraction of sp³-hybridized carbons (Fsp3) is 0.273. The zero-order valence-corrected chi connectivity index (χ0v) is 16.9. The van der Waals surface area contributed by atoms with Crippen LogP contribution in [0.25, 0.3) is 11.3 Å². The van der Waals surface area contributed by atoms with E-state index in [1.54, 1.807) is 17.3 Å². The van der Waals surface area contributed by atoms with Crippen LogP contribution in [0.2, 0.25) is 0 Å². The van der Waals surface area contributed by atoms with Gasteiger partial charge in [0.15, 0.2) is 5.82 Å². The van der Waals surface area contributed by atoms with Crippen molar-refractivity contribution >= 4 is 17.5 Å². The number of para-hydroxylation sites is 2. The maximum atomic E-state index is 12.7. The number of nitrogens with one attached hydrogen (secondary N) is 1. The molecule has 3 heterocycles. The predicted molar refractivity (Wildman–Crippen MR) is 116 cm³/mol. The largest absolute Gasteiger partial charge is 0.492 e. The van der Waals surface area contributed by atoms with Crippen molar-refractivity contribution in [2.24, 2.45) is 0 Å². The molecular formula is C22H24N6O2. The van der Waals surface area contributed by atoms with Gasteiger partial charge in [0, 0.05) is 44.1 Å². The Bertz CT molecular complexity index is 972. The first kappa shape index (κ1) is 19.6. The van der Waals surface area contributed by atoms with Crippen molar-refractivity contribution in [1.82, 2.24) is 20.1 Å². The molecule has 0 atom stereocenters. The van der Waals surface area contributed by atoms with Crippen LogP contribution in [-0.4, -0.2) is 58.9 Å². The number of piperazine rings is 1. The maximum absolute atomic E-state index is 12.7. The molecule has 3 aromatic rings. The number of carbonyl (C=O) groups is 1. The van der Waals surface area contributed by atoms with Crippen LogP contribution in [0.15, 0.2) is 60.9 Å². The van der Waals surface area contributed by atoms with Crippen molar-refractivity contribution in [1.29, 1.82) is 0 Å². The molecule has 8 heteroatoms. The standard InChI is InChI=1S/C22H24N6O2/c1-2-30-20-6-4-3-5-19(20)24-22(29)28-15-13-27(14-16-28)21-8-7-18(25-26-21)17-9-11-23-12-10-17/h3-12H,2,13-16H2,1H3,(H,24,29). The molecule has 0 saturated carbocycles. The van der Waals surface area contributed by atoms with Crippen LogP contribution in [0.3, 0.4) is 0 Å². The number of amides is 2. The summed E-state index contributed by atoms with van der Waals surface area (Å²) in [5.41, 5.74) is 2.48. The summed E-state index contributed by atoms with van der Waals surface area (Å²) in [4.78, 5) is 20.6. The Morgan fingerprint density at radius 2 is 1.77 bits per heavy atom. The van der Waals surface area contributed by atoms with Crippen LogP contribution in [0.4, 0.5) is 16.3 Å². The molecule has 8 nitrogen and oxygen atoms in total. The summed E-state index contributed by atoms with van der Waals surface area (Å²) in [7, 11) is 0. The van der Waals surface area contributed by atoms with Crippen LogP contribution in [0.5, 0.6) is 5.75 Å². The van der Waals surface area contributed by atoms with Crippen LogP contribution in [0, 0.1) is 0 Å². The van der Waals surface area contributed by atoms with E-state index in [-0.39, 0.29) is 6.03 Å². The van der Waals surface area contributed by atoms with E-state index in [0.717, 1.165) is 17.1 Å². The van der Waals surface area contributed by atoms with E-state index >= 15 is 0 Å². The number of nitrogens with zero attached hydrogens (tertiary/aromatic N) is 5. The van der Waals surface area contributed by atoms with Gasteiger partial charge in [-0.1, -0.05) is 12.1 Å². The summed E-state index contributed by atoms with van der Waals surface area (Å²) in [6.07, 6.45) is 3.48. The molecule has 2 aromatic heterocycles. The van der Waals surface area contributed by atoms with Gasteiger partial charge >= 0.3 is 6.03 Å². The van der Waals surface area contributed by atoms with Gasteiger partial charge in [-0.05, 0) is 43.3 Å². The first-order valence-corrected chi connectivity index (χ1v) is 10.0. The summed E-state index contributed by atoms with van der Waals surface area (Å²) in [6.45, 7) is 5.08. The van der Waals surface area contributed by atoms with Crippen LogP contribution in [-0.2, 0) is 0 Å². The summed E-state index contributed by atoms with van der Waals surface area (Å²) in [6, 6.07) is 15.1. The molecule has 4 rings (SSSR count). The number of hydrogen-bond donors (Lipinski definition) is 1. The van der Waals surface area contributed by atoms with Crippen molar-refractivity contribution < 1.29 is 9.53 Å². The second-order valence-corrected chi connectivity index (χ2v) is 6.85. The van der Waals surface area contributed by atoms with Gasteiger partial charge in [0.05, 0.1) is 18.0 Å². The minimum Gasteiger partial charge on any atom is -0.492 e. The topological polar surface area (TPSA) is 83.5 Å². The molecule has 1 saturated heterocycles. The number of urea groups is 1. The minimum atomic E-state index is -0.124. The van der Waals surface area contributed by atoms with Crippen molar-refractivity contribution in [3.05, 3.63) is 60.9 Å². The lowest BCUT2D eigenvalue weighted by Gasteiger charge is -2.35. The number of ether oxygens (including phenoxy) is 1. The molecule has 30 heavy (non-hydrogen) atoms. The predicted octanol–water partition coefficient (Wildman–Crippen LogP) is 3.29. The molecule has 1 N–H and O–H groups in total. The third-order valence-corrected chi connectivity index (χ3v) is 4.95. The number of hydrogen-bond acceptors (Lipinski definition) is 6. The number of pyridine rings is 1. The smallest absolute Gasteiger partial charge is 0.322 e. The Morgan fingerprint density at radius 1 is 1.00 bits per heavy atom. The Balaban J connectivity index is 1.34. The van der Waals surface area contributed by atoms with Gasteiger partial charge in [0.1, 0.15) is 5.75 Å². The van der Waals surface area contributed by atoms with E-state index in [2.05, 4.69) is 25.4 Å². The molecular weight excluding hydrogens is 380 g/mol. The third-order valence-electron chi connectivity index (χ3n) is 4.95. The second kappa shape index (κ2) is 9.21.